The van der Waals surface area contributed by atoms with Gasteiger partial charge in [0.05, 0.1) is 9.75 Å². The molecule has 2 heterocycles. The van der Waals surface area contributed by atoms with Crippen molar-refractivity contribution in [2.75, 3.05) is 6.54 Å². The van der Waals surface area contributed by atoms with Gasteiger partial charge in [-0.15, -0.1) is 11.3 Å². The fraction of sp³-hybridized carbons (Fsp3) is 0.308. The van der Waals surface area contributed by atoms with Crippen molar-refractivity contribution in [3.8, 4) is 10.6 Å². The van der Waals surface area contributed by atoms with Crippen molar-refractivity contribution < 1.29 is 13.2 Å². The maximum atomic E-state index is 12.7. The first kappa shape index (κ1) is 14.6. The van der Waals surface area contributed by atoms with Gasteiger partial charge in [-0.3, -0.25) is 4.68 Å². The number of rotatable bonds is 4. The van der Waals surface area contributed by atoms with Crippen LogP contribution in [-0.2, 0) is 13.2 Å². The average Bonchev–Trinajstić information content (AvgIpc) is 2.94. The van der Waals surface area contributed by atoms with Gasteiger partial charge in [0.25, 0.3) is 0 Å². The number of hydrogen-bond donors (Lipinski definition) is 1. The molecule has 0 aliphatic carbocycles. The van der Waals surface area contributed by atoms with Crippen LogP contribution >= 0.6 is 11.3 Å². The summed E-state index contributed by atoms with van der Waals surface area (Å²) in [4.78, 5) is 1.58. The summed E-state index contributed by atoms with van der Waals surface area (Å²) in [7, 11) is 1.29. The lowest BCUT2D eigenvalue weighted by molar-refractivity contribution is -0.143. The maximum Gasteiger partial charge on any atom is 0.433 e. The first-order valence-corrected chi connectivity index (χ1v) is 6.79. The summed E-state index contributed by atoms with van der Waals surface area (Å²) in [5.74, 6) is 0. The molecule has 0 amide bonds. The number of nitrogens with zero attached hydrogens (tertiary/aromatic N) is 2. The number of aromatic nitrogens is 2. The van der Waals surface area contributed by atoms with E-state index in [1.165, 1.54) is 18.4 Å². The Morgan fingerprint density at radius 3 is 2.70 bits per heavy atom. The quantitative estimate of drug-likeness (QED) is 0.932. The van der Waals surface area contributed by atoms with Crippen LogP contribution in [0.2, 0.25) is 0 Å². The van der Waals surface area contributed by atoms with Gasteiger partial charge in [0.2, 0.25) is 0 Å². The van der Waals surface area contributed by atoms with Gasteiger partial charge in [-0.05, 0) is 25.1 Å². The van der Waals surface area contributed by atoms with E-state index in [-0.39, 0.29) is 0 Å². The molecule has 0 spiro atoms. The Hall–Kier alpha value is -1.76. The molecule has 0 aromatic carbocycles. The van der Waals surface area contributed by atoms with Crippen LogP contribution in [-0.4, -0.2) is 16.3 Å². The molecule has 2 aromatic rings. The minimum Gasteiger partial charge on any atom is -0.385 e. The largest absolute Gasteiger partial charge is 0.433 e. The number of hydrogen-bond acceptors (Lipinski definition) is 3. The predicted molar refractivity (Wildman–Crippen MR) is 74.2 cm³/mol. The molecule has 0 bridgehead atoms. The predicted octanol–water partition coefficient (Wildman–Crippen LogP) is 3.75. The summed E-state index contributed by atoms with van der Waals surface area (Å²) in [5, 5.41) is 7.00. The average molecular weight is 301 g/mol. The Labute approximate surface area is 118 Å². The van der Waals surface area contributed by atoms with Crippen LogP contribution in [0.1, 0.15) is 17.5 Å². The highest BCUT2D eigenvalue weighted by Gasteiger charge is 2.35. The van der Waals surface area contributed by atoms with Gasteiger partial charge in [0.15, 0.2) is 0 Å². The van der Waals surface area contributed by atoms with E-state index in [4.69, 9.17) is 0 Å². The molecule has 0 aliphatic rings. The summed E-state index contributed by atoms with van der Waals surface area (Å²) in [6, 6.07) is 4.64. The number of halogens is 3. The zero-order valence-electron chi connectivity index (χ0n) is 11.1. The second-order valence-corrected chi connectivity index (χ2v) is 5.29. The van der Waals surface area contributed by atoms with Crippen LogP contribution < -0.4 is 5.32 Å². The third-order valence-electron chi connectivity index (χ3n) is 2.72. The Morgan fingerprint density at radius 2 is 2.15 bits per heavy atom. The minimum absolute atomic E-state index is 0.320. The Balaban J connectivity index is 2.31. The molecular formula is C13H14F3N3S. The van der Waals surface area contributed by atoms with E-state index in [0.717, 1.165) is 27.9 Å². The lowest BCUT2D eigenvalue weighted by Crippen LogP contribution is -2.11. The van der Waals surface area contributed by atoms with Crippen LogP contribution in [0.25, 0.3) is 16.3 Å². The van der Waals surface area contributed by atoms with Crippen molar-refractivity contribution >= 4 is 17.0 Å². The van der Waals surface area contributed by atoms with Crippen LogP contribution in [0.15, 0.2) is 24.8 Å². The smallest absolute Gasteiger partial charge is 0.385 e. The molecular weight excluding hydrogens is 287 g/mol. The Bertz CT molecular complexity index is 625. The van der Waals surface area contributed by atoms with Gasteiger partial charge >= 0.3 is 6.18 Å². The first-order valence-electron chi connectivity index (χ1n) is 5.97. The van der Waals surface area contributed by atoms with Crippen molar-refractivity contribution in [2.24, 2.45) is 7.05 Å². The van der Waals surface area contributed by atoms with Gasteiger partial charge in [0, 0.05) is 19.3 Å². The van der Waals surface area contributed by atoms with Crippen LogP contribution in [0.4, 0.5) is 13.2 Å². The standard InChI is InChI=1S/C13H14F3N3S/c1-4-17-8(2)10-5-6-11(20-10)9-7-12(13(14,15)16)19(3)18-9/h5-7,17H,2,4H2,1,3H3. The zero-order valence-corrected chi connectivity index (χ0v) is 11.9. The lowest BCUT2D eigenvalue weighted by Gasteiger charge is -2.04. The van der Waals surface area contributed by atoms with Gasteiger partial charge in [-0.2, -0.15) is 18.3 Å². The number of alkyl halides is 3. The number of nitrogens with one attached hydrogen (secondary N) is 1. The molecule has 0 radical (unpaired) electrons. The molecule has 0 atom stereocenters. The summed E-state index contributed by atoms with van der Waals surface area (Å²) in [5.41, 5.74) is 0.323. The molecule has 7 heteroatoms. The van der Waals surface area contributed by atoms with E-state index in [9.17, 15) is 13.2 Å². The van der Waals surface area contributed by atoms with Crippen LogP contribution in [0.5, 0.6) is 0 Å². The Morgan fingerprint density at radius 1 is 1.45 bits per heavy atom. The third kappa shape index (κ3) is 2.87. The normalized spacial score (nSPS) is 11.7. The molecule has 1 N–H and O–H groups in total. The zero-order chi connectivity index (χ0) is 14.9. The highest BCUT2D eigenvalue weighted by atomic mass is 32.1. The molecule has 0 aliphatic heterocycles. The Kier molecular flexibility index (Phi) is 3.89. The highest BCUT2D eigenvalue weighted by molar-refractivity contribution is 7.16. The molecule has 2 rings (SSSR count). The second kappa shape index (κ2) is 5.32. The summed E-state index contributed by atoms with van der Waals surface area (Å²) >= 11 is 1.36. The number of thiophene rings is 1. The SMILES string of the molecule is C=C(NCC)c1ccc(-c2cc(C(F)(F)F)n(C)n2)s1. The lowest BCUT2D eigenvalue weighted by atomic mass is 10.3. The van der Waals surface area contributed by atoms with Gasteiger partial charge in [0.1, 0.15) is 11.4 Å². The maximum absolute atomic E-state index is 12.7. The van der Waals surface area contributed by atoms with Crippen molar-refractivity contribution in [3.63, 3.8) is 0 Å². The molecule has 0 saturated carbocycles. The van der Waals surface area contributed by atoms with Crippen LogP contribution in [0, 0.1) is 0 Å². The summed E-state index contributed by atoms with van der Waals surface area (Å²) in [6.45, 7) is 6.57. The third-order valence-corrected chi connectivity index (χ3v) is 3.88. The van der Waals surface area contributed by atoms with Gasteiger partial charge < -0.3 is 5.32 Å². The minimum atomic E-state index is -4.40. The molecule has 0 unspecified atom stereocenters. The molecule has 0 fully saturated rings. The van der Waals surface area contributed by atoms with Crippen LogP contribution in [0.3, 0.4) is 0 Å². The van der Waals surface area contributed by atoms with E-state index < -0.39 is 11.9 Å². The molecule has 2 aromatic heterocycles. The monoisotopic (exact) mass is 301 g/mol. The molecule has 0 saturated heterocycles. The first-order chi connectivity index (χ1) is 9.32. The van der Waals surface area contributed by atoms with Gasteiger partial charge in [-0.1, -0.05) is 6.58 Å². The van der Waals surface area contributed by atoms with E-state index in [2.05, 4.69) is 17.0 Å². The summed E-state index contributed by atoms with van der Waals surface area (Å²) < 4.78 is 39.0. The van der Waals surface area contributed by atoms with Gasteiger partial charge in [-0.25, -0.2) is 0 Å². The summed E-state index contributed by atoms with van der Waals surface area (Å²) in [6.07, 6.45) is -4.40. The second-order valence-electron chi connectivity index (χ2n) is 4.21. The topological polar surface area (TPSA) is 29.9 Å². The molecule has 20 heavy (non-hydrogen) atoms. The van der Waals surface area contributed by atoms with Crippen molar-refractivity contribution in [3.05, 3.63) is 35.3 Å². The fourth-order valence-corrected chi connectivity index (χ4v) is 2.70. The molecule has 3 nitrogen and oxygen atoms in total. The van der Waals surface area contributed by atoms with Crippen molar-refractivity contribution in [2.45, 2.75) is 13.1 Å². The fourth-order valence-electron chi connectivity index (χ4n) is 1.79. The van der Waals surface area contributed by atoms with E-state index in [1.807, 2.05) is 13.0 Å². The van der Waals surface area contributed by atoms with E-state index >= 15 is 0 Å². The molecule has 108 valence electrons. The highest BCUT2D eigenvalue weighted by Crippen LogP contribution is 2.34. The van der Waals surface area contributed by atoms with Crippen molar-refractivity contribution in [1.82, 2.24) is 15.1 Å². The van der Waals surface area contributed by atoms with Crippen molar-refractivity contribution in [1.29, 1.82) is 0 Å². The van der Waals surface area contributed by atoms with E-state index in [0.29, 0.717) is 10.6 Å². The van der Waals surface area contributed by atoms with E-state index in [1.54, 1.807) is 6.07 Å². The number of aryl methyl sites for hydroxylation is 1.